The molecule has 0 aliphatic carbocycles. The maximum Gasteiger partial charge on any atom is 0.138 e. The number of pyridine rings is 1. The van der Waals surface area contributed by atoms with E-state index in [1.165, 1.54) is 0 Å². The van der Waals surface area contributed by atoms with Crippen LogP contribution in [0, 0.1) is 13.8 Å². The number of rotatable bonds is 4. The Morgan fingerprint density at radius 3 is 2.35 bits per heavy atom. The third-order valence-electron chi connectivity index (χ3n) is 3.24. The first kappa shape index (κ1) is 14.5. The highest BCUT2D eigenvalue weighted by atomic mass is 16.5. The van der Waals surface area contributed by atoms with Crippen molar-refractivity contribution in [3.05, 3.63) is 58.9 Å². The lowest BCUT2D eigenvalue weighted by Crippen LogP contribution is -2.08. The van der Waals surface area contributed by atoms with Crippen LogP contribution in [0.1, 0.15) is 42.2 Å². The van der Waals surface area contributed by atoms with Crippen LogP contribution in [-0.4, -0.2) is 16.2 Å². The summed E-state index contributed by atoms with van der Waals surface area (Å²) < 4.78 is 5.63. The van der Waals surface area contributed by atoms with Gasteiger partial charge in [0.1, 0.15) is 11.9 Å². The first-order valence-electron chi connectivity index (χ1n) is 6.85. The maximum absolute atomic E-state index is 10.6. The van der Waals surface area contributed by atoms with Gasteiger partial charge in [0.15, 0.2) is 0 Å². The largest absolute Gasteiger partial charge is 0.489 e. The van der Waals surface area contributed by atoms with E-state index in [0.29, 0.717) is 5.75 Å². The molecule has 0 amide bonds. The van der Waals surface area contributed by atoms with Gasteiger partial charge in [0.25, 0.3) is 0 Å². The Morgan fingerprint density at radius 1 is 1.10 bits per heavy atom. The Balaban J connectivity index is 2.36. The number of aromatic nitrogens is 1. The molecule has 0 aliphatic rings. The quantitative estimate of drug-likeness (QED) is 0.924. The lowest BCUT2D eigenvalue weighted by atomic mass is 9.94. The summed E-state index contributed by atoms with van der Waals surface area (Å²) in [7, 11) is 0. The molecule has 0 fully saturated rings. The van der Waals surface area contributed by atoms with Crippen LogP contribution in [0.25, 0.3) is 0 Å². The number of aryl methyl sites for hydroxylation is 2. The van der Waals surface area contributed by atoms with Gasteiger partial charge >= 0.3 is 0 Å². The Labute approximate surface area is 120 Å². The molecule has 0 bridgehead atoms. The number of aliphatic hydroxyl groups excluding tert-OH is 1. The molecule has 20 heavy (non-hydrogen) atoms. The fourth-order valence-corrected chi connectivity index (χ4v) is 2.35. The van der Waals surface area contributed by atoms with Crippen molar-refractivity contribution in [2.24, 2.45) is 0 Å². The Morgan fingerprint density at radius 2 is 1.75 bits per heavy atom. The van der Waals surface area contributed by atoms with Gasteiger partial charge in [-0.05, 0) is 50.5 Å². The summed E-state index contributed by atoms with van der Waals surface area (Å²) in [6.07, 6.45) is 2.76. The van der Waals surface area contributed by atoms with Crippen molar-refractivity contribution < 1.29 is 9.84 Å². The number of ether oxygens (including phenoxy) is 1. The topological polar surface area (TPSA) is 42.4 Å². The summed E-state index contributed by atoms with van der Waals surface area (Å²) in [6, 6.07) is 7.86. The van der Waals surface area contributed by atoms with Crippen LogP contribution in [-0.2, 0) is 0 Å². The molecule has 3 nitrogen and oxygen atoms in total. The first-order valence-corrected chi connectivity index (χ1v) is 6.85. The molecule has 2 rings (SSSR count). The molecule has 3 heteroatoms. The molecule has 1 atom stereocenters. The van der Waals surface area contributed by atoms with Gasteiger partial charge in [-0.2, -0.15) is 0 Å². The molecule has 1 aromatic heterocycles. The monoisotopic (exact) mass is 271 g/mol. The molecule has 0 spiro atoms. The van der Waals surface area contributed by atoms with Gasteiger partial charge in [-0.3, -0.25) is 4.98 Å². The second-order valence-electron chi connectivity index (χ2n) is 5.33. The number of aliphatic hydroxyl groups is 1. The molecular weight excluding hydrogens is 250 g/mol. The molecule has 1 unspecified atom stereocenters. The summed E-state index contributed by atoms with van der Waals surface area (Å²) in [5.41, 5.74) is 3.84. The van der Waals surface area contributed by atoms with Crippen molar-refractivity contribution in [3.63, 3.8) is 0 Å². The summed E-state index contributed by atoms with van der Waals surface area (Å²) >= 11 is 0. The molecule has 1 aromatic carbocycles. The van der Waals surface area contributed by atoms with Crippen molar-refractivity contribution in [2.45, 2.75) is 39.9 Å². The third-order valence-corrected chi connectivity index (χ3v) is 3.24. The van der Waals surface area contributed by atoms with Gasteiger partial charge in [-0.15, -0.1) is 0 Å². The summed E-state index contributed by atoms with van der Waals surface area (Å²) in [5.74, 6) is 0.683. The van der Waals surface area contributed by atoms with Crippen LogP contribution in [0.5, 0.6) is 5.75 Å². The lowest BCUT2D eigenvalue weighted by molar-refractivity contribution is 0.214. The van der Waals surface area contributed by atoms with E-state index in [4.69, 9.17) is 4.74 Å². The normalized spacial score (nSPS) is 12.5. The average molecular weight is 271 g/mol. The van der Waals surface area contributed by atoms with Gasteiger partial charge in [-0.1, -0.05) is 18.2 Å². The standard InChI is InChI=1S/C17H21NO2/c1-11(2)20-15-8-14(9-18-10-15)17(19)16-12(3)6-5-7-13(16)4/h5-11,17,19H,1-4H3. The van der Waals surface area contributed by atoms with Crippen molar-refractivity contribution in [1.82, 2.24) is 4.98 Å². The fraction of sp³-hybridized carbons (Fsp3) is 0.353. The SMILES string of the molecule is Cc1cccc(C)c1C(O)c1cncc(OC(C)C)c1. The van der Waals surface area contributed by atoms with Gasteiger partial charge in [0.05, 0.1) is 12.3 Å². The zero-order valence-corrected chi connectivity index (χ0v) is 12.4. The number of hydrogen-bond donors (Lipinski definition) is 1. The minimum absolute atomic E-state index is 0.0874. The highest BCUT2D eigenvalue weighted by molar-refractivity contribution is 5.41. The van der Waals surface area contributed by atoms with Crippen molar-refractivity contribution in [3.8, 4) is 5.75 Å². The van der Waals surface area contributed by atoms with E-state index in [2.05, 4.69) is 4.98 Å². The first-order chi connectivity index (χ1) is 9.49. The lowest BCUT2D eigenvalue weighted by Gasteiger charge is -2.18. The number of hydrogen-bond acceptors (Lipinski definition) is 3. The molecule has 0 radical (unpaired) electrons. The number of nitrogens with zero attached hydrogens (tertiary/aromatic N) is 1. The summed E-state index contributed by atoms with van der Waals surface area (Å²) in [5, 5.41) is 10.6. The van der Waals surface area contributed by atoms with E-state index in [0.717, 1.165) is 22.3 Å². The van der Waals surface area contributed by atoms with E-state index in [1.807, 2.05) is 52.0 Å². The zero-order chi connectivity index (χ0) is 14.7. The predicted octanol–water partition coefficient (Wildman–Crippen LogP) is 3.57. The van der Waals surface area contributed by atoms with E-state index in [1.54, 1.807) is 12.4 Å². The molecule has 0 saturated carbocycles. The van der Waals surface area contributed by atoms with Crippen LogP contribution in [0.4, 0.5) is 0 Å². The van der Waals surface area contributed by atoms with Crippen LogP contribution < -0.4 is 4.74 Å². The highest BCUT2D eigenvalue weighted by Crippen LogP contribution is 2.29. The summed E-state index contributed by atoms with van der Waals surface area (Å²) in [6.45, 7) is 7.95. The van der Waals surface area contributed by atoms with Crippen LogP contribution >= 0.6 is 0 Å². The molecule has 1 N–H and O–H groups in total. The van der Waals surface area contributed by atoms with Crippen LogP contribution in [0.2, 0.25) is 0 Å². The molecular formula is C17H21NO2. The van der Waals surface area contributed by atoms with Crippen molar-refractivity contribution in [1.29, 1.82) is 0 Å². The third kappa shape index (κ3) is 3.17. The second kappa shape index (κ2) is 6.06. The molecule has 2 aromatic rings. The molecule has 0 saturated heterocycles. The minimum atomic E-state index is -0.681. The van der Waals surface area contributed by atoms with E-state index in [9.17, 15) is 5.11 Å². The summed E-state index contributed by atoms with van der Waals surface area (Å²) in [4.78, 5) is 4.16. The Bertz CT molecular complexity index is 573. The minimum Gasteiger partial charge on any atom is -0.489 e. The second-order valence-corrected chi connectivity index (χ2v) is 5.33. The fourth-order valence-electron chi connectivity index (χ4n) is 2.35. The predicted molar refractivity (Wildman–Crippen MR) is 80.0 cm³/mol. The van der Waals surface area contributed by atoms with Crippen LogP contribution in [0.15, 0.2) is 36.7 Å². The average Bonchev–Trinajstić information content (AvgIpc) is 2.38. The van der Waals surface area contributed by atoms with E-state index < -0.39 is 6.10 Å². The molecule has 0 aliphatic heterocycles. The Kier molecular flexibility index (Phi) is 4.40. The molecule has 106 valence electrons. The highest BCUT2D eigenvalue weighted by Gasteiger charge is 2.16. The van der Waals surface area contributed by atoms with E-state index in [-0.39, 0.29) is 6.10 Å². The smallest absolute Gasteiger partial charge is 0.138 e. The van der Waals surface area contributed by atoms with Crippen molar-refractivity contribution in [2.75, 3.05) is 0 Å². The van der Waals surface area contributed by atoms with Gasteiger partial charge < -0.3 is 9.84 Å². The van der Waals surface area contributed by atoms with Gasteiger partial charge in [0.2, 0.25) is 0 Å². The molecule has 1 heterocycles. The van der Waals surface area contributed by atoms with Gasteiger partial charge in [-0.25, -0.2) is 0 Å². The zero-order valence-electron chi connectivity index (χ0n) is 12.4. The Hall–Kier alpha value is -1.87. The van der Waals surface area contributed by atoms with Crippen molar-refractivity contribution >= 4 is 0 Å². The number of benzene rings is 1. The van der Waals surface area contributed by atoms with Gasteiger partial charge in [0, 0.05) is 11.8 Å². The van der Waals surface area contributed by atoms with Crippen LogP contribution in [0.3, 0.4) is 0 Å². The van der Waals surface area contributed by atoms with E-state index >= 15 is 0 Å². The maximum atomic E-state index is 10.6.